The van der Waals surface area contributed by atoms with E-state index in [-0.39, 0.29) is 31.6 Å². The van der Waals surface area contributed by atoms with Gasteiger partial charge >= 0.3 is 6.09 Å². The number of fused-ring (bicyclic) bond motifs is 1. The number of para-hydroxylation sites is 1. The highest BCUT2D eigenvalue weighted by atomic mass is 32.2. The number of H-pyrrole nitrogens is 2. The number of carbonyl (C=O) groups is 6. The van der Waals surface area contributed by atoms with E-state index in [1.54, 1.807) is 42.6 Å². The van der Waals surface area contributed by atoms with Crippen LogP contribution < -0.4 is 37.1 Å². The number of benzene rings is 5. The molecule has 5 aromatic carbocycles. The minimum Gasteiger partial charge on any atom is -0.489 e. The molecule has 0 aliphatic rings. The Hall–Kier alpha value is -8.38. The quantitative estimate of drug-likeness (QED) is 0.0373. The van der Waals surface area contributed by atoms with Crippen molar-refractivity contribution in [2.75, 3.05) is 5.75 Å². The van der Waals surface area contributed by atoms with E-state index < -0.39 is 65.8 Å². The molecule has 0 saturated heterocycles. The second-order valence-corrected chi connectivity index (χ2v) is 18.1. The molecule has 0 bridgehead atoms. The van der Waals surface area contributed by atoms with Gasteiger partial charge in [-0.3, -0.25) is 24.0 Å². The van der Waals surface area contributed by atoms with Crippen molar-refractivity contribution in [2.45, 2.75) is 75.4 Å². The number of rotatable bonds is 25. The van der Waals surface area contributed by atoms with Crippen molar-refractivity contribution in [3.63, 3.8) is 0 Å². The van der Waals surface area contributed by atoms with Gasteiger partial charge in [-0.05, 0) is 52.9 Å². The topological polar surface area (TPSA) is 252 Å². The van der Waals surface area contributed by atoms with Crippen molar-refractivity contribution in [2.24, 2.45) is 5.73 Å². The van der Waals surface area contributed by atoms with Crippen molar-refractivity contribution in [1.29, 1.82) is 0 Å². The van der Waals surface area contributed by atoms with E-state index in [1.807, 2.05) is 103 Å². The number of nitrogens with zero attached hydrogens (tertiary/aromatic N) is 1. The molecule has 0 fully saturated rings. The van der Waals surface area contributed by atoms with Gasteiger partial charge in [0.25, 0.3) is 0 Å². The zero-order valence-electron chi connectivity index (χ0n) is 39.5. The lowest BCUT2D eigenvalue weighted by molar-refractivity contribution is -0.134. The smallest absolute Gasteiger partial charge is 0.408 e. The van der Waals surface area contributed by atoms with Gasteiger partial charge in [-0.15, -0.1) is 0 Å². The third kappa shape index (κ3) is 15.6. The monoisotopic (exact) mass is 991 g/mol. The van der Waals surface area contributed by atoms with Crippen LogP contribution in [0, 0.1) is 0 Å². The summed E-state index contributed by atoms with van der Waals surface area (Å²) in [5.41, 5.74) is 10.9. The Kier molecular flexibility index (Phi) is 18.6. The van der Waals surface area contributed by atoms with Crippen LogP contribution in [0.15, 0.2) is 158 Å². The highest BCUT2D eigenvalue weighted by molar-refractivity contribution is 7.98. The van der Waals surface area contributed by atoms with Gasteiger partial charge in [-0.1, -0.05) is 121 Å². The standard InChI is InChI=1S/C54H57N9O8S/c1-35(49(55)64)59-50(65)46(26-40-28-57-44-20-12-11-19-43(40)44)61-53(68)48(33-72-32-39-17-9-4-10-18-39)62-51(66)45(25-36-21-23-42(24-22-36)70-30-37-13-5-2-6-14-37)60-52(67)47(27-41-29-56-34-58-41)63-54(69)71-31-38-15-7-3-8-16-38/h2-24,28-29,34-35,45-48,57H,25-27,30-33H2,1H3,(H2,55,64)(H,56,58)(H,59,65)(H,60,67)(H,61,68)(H,62,66)(H,63,69)/t35-,45+,46+,47+,48+/m0/s1. The van der Waals surface area contributed by atoms with E-state index in [9.17, 15) is 28.8 Å². The van der Waals surface area contributed by atoms with Gasteiger partial charge < -0.3 is 51.8 Å². The predicted molar refractivity (Wildman–Crippen MR) is 274 cm³/mol. The van der Waals surface area contributed by atoms with E-state index >= 15 is 0 Å². The number of hydrogen-bond donors (Lipinski definition) is 8. The highest BCUT2D eigenvalue weighted by Gasteiger charge is 2.33. The second-order valence-electron chi connectivity index (χ2n) is 17.0. The van der Waals surface area contributed by atoms with Gasteiger partial charge in [-0.2, -0.15) is 11.8 Å². The Morgan fingerprint density at radius 1 is 0.583 bits per heavy atom. The largest absolute Gasteiger partial charge is 0.489 e. The Morgan fingerprint density at radius 2 is 1.14 bits per heavy atom. The number of ether oxygens (including phenoxy) is 2. The molecule has 0 aliphatic carbocycles. The molecule has 72 heavy (non-hydrogen) atoms. The molecule has 17 nitrogen and oxygen atoms in total. The van der Waals surface area contributed by atoms with Crippen LogP contribution >= 0.6 is 11.8 Å². The molecule has 372 valence electrons. The third-order valence-electron chi connectivity index (χ3n) is 11.6. The molecule has 2 aromatic heterocycles. The molecular formula is C54H57N9O8S. The van der Waals surface area contributed by atoms with Gasteiger partial charge in [0.1, 0.15) is 49.2 Å². The van der Waals surface area contributed by atoms with Crippen LogP contribution in [-0.4, -0.2) is 86.5 Å². The van der Waals surface area contributed by atoms with Gasteiger partial charge in [0.05, 0.1) is 6.33 Å². The zero-order valence-corrected chi connectivity index (χ0v) is 40.4. The second kappa shape index (κ2) is 26.0. The molecule has 0 radical (unpaired) electrons. The first-order valence-corrected chi connectivity index (χ1v) is 24.5. The predicted octanol–water partition coefficient (Wildman–Crippen LogP) is 5.17. The number of carbonyl (C=O) groups excluding carboxylic acids is 6. The van der Waals surface area contributed by atoms with Crippen LogP contribution in [0.4, 0.5) is 4.79 Å². The maximum absolute atomic E-state index is 14.8. The highest BCUT2D eigenvalue weighted by Crippen LogP contribution is 2.21. The number of imidazole rings is 1. The molecular weight excluding hydrogens is 935 g/mol. The van der Waals surface area contributed by atoms with Gasteiger partial charge in [0.2, 0.25) is 29.5 Å². The Bertz CT molecular complexity index is 2870. The summed E-state index contributed by atoms with van der Waals surface area (Å²) in [5, 5.41) is 14.7. The molecule has 0 spiro atoms. The molecule has 0 unspecified atom stereocenters. The van der Waals surface area contributed by atoms with E-state index in [0.29, 0.717) is 29.4 Å². The number of hydrogen-bond acceptors (Lipinski definition) is 10. The van der Waals surface area contributed by atoms with Crippen molar-refractivity contribution in [1.82, 2.24) is 41.5 Å². The molecule has 0 aliphatic heterocycles. The van der Waals surface area contributed by atoms with E-state index in [1.165, 1.54) is 31.2 Å². The van der Waals surface area contributed by atoms with Crippen LogP contribution in [-0.2, 0) is 66.9 Å². The average molecular weight is 992 g/mol. The van der Waals surface area contributed by atoms with Crippen molar-refractivity contribution in [3.8, 4) is 5.75 Å². The number of nitrogens with one attached hydrogen (secondary N) is 7. The van der Waals surface area contributed by atoms with Crippen LogP contribution in [0.25, 0.3) is 10.9 Å². The van der Waals surface area contributed by atoms with Crippen LogP contribution in [0.2, 0.25) is 0 Å². The summed E-state index contributed by atoms with van der Waals surface area (Å²) in [5.74, 6) is -2.46. The molecule has 18 heteroatoms. The van der Waals surface area contributed by atoms with Gasteiger partial charge in [0, 0.05) is 59.8 Å². The van der Waals surface area contributed by atoms with Gasteiger partial charge in [0.15, 0.2) is 0 Å². The molecule has 6 amide bonds. The van der Waals surface area contributed by atoms with Crippen molar-refractivity contribution in [3.05, 3.63) is 192 Å². The van der Waals surface area contributed by atoms with E-state index in [4.69, 9.17) is 15.2 Å². The average Bonchev–Trinajstić information content (AvgIpc) is 4.08. The summed E-state index contributed by atoms with van der Waals surface area (Å²) in [6.45, 7) is 1.72. The van der Waals surface area contributed by atoms with Crippen molar-refractivity contribution >= 4 is 58.3 Å². The number of aromatic amines is 2. The van der Waals surface area contributed by atoms with Crippen LogP contribution in [0.5, 0.6) is 5.75 Å². The number of amides is 6. The maximum Gasteiger partial charge on any atom is 0.408 e. The zero-order chi connectivity index (χ0) is 50.7. The molecule has 7 rings (SSSR count). The van der Waals surface area contributed by atoms with Crippen LogP contribution in [0.1, 0.15) is 40.4 Å². The number of aromatic nitrogens is 3. The van der Waals surface area contributed by atoms with Crippen molar-refractivity contribution < 1.29 is 38.2 Å². The SMILES string of the molecule is C[C@H](NC(=O)[C@@H](Cc1c[nH]c2ccccc12)NC(=O)[C@@H](CSCc1ccccc1)NC(=O)[C@@H](Cc1ccc(OCc2ccccc2)cc1)NC(=O)[C@@H](Cc1cnc[nH]1)NC(=O)OCc1ccccc1)C(N)=O. The molecule has 2 heterocycles. The fourth-order valence-electron chi connectivity index (χ4n) is 7.62. The summed E-state index contributed by atoms with van der Waals surface area (Å²) in [6, 6.07) is 36.8. The van der Waals surface area contributed by atoms with Crippen LogP contribution in [0.3, 0.4) is 0 Å². The Balaban J connectivity index is 1.15. The van der Waals surface area contributed by atoms with E-state index in [0.717, 1.165) is 33.2 Å². The molecule has 9 N–H and O–H groups in total. The lowest BCUT2D eigenvalue weighted by Crippen LogP contribution is -2.60. The minimum absolute atomic E-state index is 0.0210. The van der Waals surface area contributed by atoms with Gasteiger partial charge in [-0.25, -0.2) is 9.78 Å². The summed E-state index contributed by atoms with van der Waals surface area (Å²) in [4.78, 5) is 93.3. The summed E-state index contributed by atoms with van der Waals surface area (Å²) in [7, 11) is 0. The first-order valence-electron chi connectivity index (χ1n) is 23.3. The van der Waals surface area contributed by atoms with E-state index in [2.05, 4.69) is 41.5 Å². The lowest BCUT2D eigenvalue weighted by atomic mass is 10.0. The molecule has 5 atom stereocenters. The number of alkyl carbamates (subject to hydrolysis) is 1. The number of primary amides is 1. The third-order valence-corrected chi connectivity index (χ3v) is 12.7. The fourth-order valence-corrected chi connectivity index (χ4v) is 8.64. The fraction of sp³-hybridized carbons (Fsp3) is 0.241. The first kappa shape index (κ1) is 51.5. The molecule has 7 aromatic rings. The Morgan fingerprint density at radius 3 is 1.78 bits per heavy atom. The normalized spacial score (nSPS) is 13.1. The summed E-state index contributed by atoms with van der Waals surface area (Å²) in [6.07, 6.45) is 3.77. The first-order chi connectivity index (χ1) is 35.0. The lowest BCUT2D eigenvalue weighted by Gasteiger charge is -2.27. The number of thioether (sulfide) groups is 1. The number of nitrogens with two attached hydrogens (primary N) is 1. The Labute approximate surface area is 420 Å². The summed E-state index contributed by atoms with van der Waals surface area (Å²) >= 11 is 1.38. The maximum atomic E-state index is 14.8. The minimum atomic E-state index is -1.31. The molecule has 0 saturated carbocycles. The summed E-state index contributed by atoms with van der Waals surface area (Å²) < 4.78 is 11.5.